The van der Waals surface area contributed by atoms with Crippen LogP contribution in [0.25, 0.3) is 0 Å². The van der Waals surface area contributed by atoms with Crippen LogP contribution < -0.4 is 0 Å². The lowest BCUT2D eigenvalue weighted by atomic mass is 9.97. The Labute approximate surface area is 135 Å². The molecule has 1 aliphatic heterocycles. The highest BCUT2D eigenvalue weighted by molar-refractivity contribution is 5.73. The molecule has 122 valence electrons. The van der Waals surface area contributed by atoms with Crippen LogP contribution >= 0.6 is 0 Å². The van der Waals surface area contributed by atoms with E-state index in [4.69, 9.17) is 0 Å². The number of aryl methyl sites for hydroxylation is 1. The number of aliphatic carboxylic acids is 1. The Hall–Kier alpha value is -2.21. The number of hydrogen-bond donors (Lipinski definition) is 1. The number of carboxylic acids is 1. The quantitative estimate of drug-likeness (QED) is 0.914. The third-order valence-electron chi connectivity index (χ3n) is 4.66. The molecule has 6 heteroatoms. The Balaban J connectivity index is 1.70. The molecule has 0 amide bonds. The van der Waals surface area contributed by atoms with E-state index in [1.807, 2.05) is 34.6 Å². The summed E-state index contributed by atoms with van der Waals surface area (Å²) in [5.41, 5.74) is 1.29. The van der Waals surface area contributed by atoms with Crippen molar-refractivity contribution in [3.8, 4) is 0 Å². The van der Waals surface area contributed by atoms with Gasteiger partial charge < -0.3 is 9.67 Å². The zero-order chi connectivity index (χ0) is 16.4. The maximum Gasteiger partial charge on any atom is 0.322 e. The van der Waals surface area contributed by atoms with Crippen molar-refractivity contribution in [1.82, 2.24) is 19.7 Å². The molecule has 0 saturated heterocycles. The predicted molar refractivity (Wildman–Crippen MR) is 86.1 cm³/mol. The molecule has 2 heterocycles. The minimum Gasteiger partial charge on any atom is -0.480 e. The van der Waals surface area contributed by atoms with E-state index in [1.54, 1.807) is 0 Å². The summed E-state index contributed by atoms with van der Waals surface area (Å²) in [5, 5.41) is 17.8. The van der Waals surface area contributed by atoms with Gasteiger partial charge in [-0.25, -0.2) is 0 Å². The van der Waals surface area contributed by atoms with Crippen LogP contribution in [0.4, 0.5) is 0 Å². The molecule has 0 bridgehead atoms. The zero-order valence-corrected chi connectivity index (χ0v) is 13.5. The van der Waals surface area contributed by atoms with Crippen LogP contribution in [0.15, 0.2) is 30.3 Å². The van der Waals surface area contributed by atoms with Crippen LogP contribution in [0.1, 0.15) is 36.5 Å². The van der Waals surface area contributed by atoms with Gasteiger partial charge in [-0.2, -0.15) is 0 Å². The monoisotopic (exact) mass is 314 g/mol. The van der Waals surface area contributed by atoms with E-state index >= 15 is 0 Å². The fourth-order valence-electron chi connectivity index (χ4n) is 3.14. The molecule has 0 aliphatic carbocycles. The standard InChI is InChI=1S/C17H22N4O2/c1-12(14-6-4-3-5-7-14)8-9-20-11-16-19-18-13(2)21(16)10-15(20)17(22)23/h3-7,12,15H,8-11H2,1-2H3,(H,22,23). The fraction of sp³-hybridized carbons (Fsp3) is 0.471. The maximum absolute atomic E-state index is 11.6. The summed E-state index contributed by atoms with van der Waals surface area (Å²) in [6.07, 6.45) is 0.918. The molecule has 3 rings (SSSR count). The van der Waals surface area contributed by atoms with Gasteiger partial charge in [-0.3, -0.25) is 9.69 Å². The molecule has 1 aromatic heterocycles. The van der Waals surface area contributed by atoms with Crippen molar-refractivity contribution in [2.45, 2.75) is 45.3 Å². The second-order valence-electron chi connectivity index (χ2n) is 6.20. The van der Waals surface area contributed by atoms with Crippen LogP contribution in [0.2, 0.25) is 0 Å². The topological polar surface area (TPSA) is 71.2 Å². The van der Waals surface area contributed by atoms with E-state index in [0.717, 1.165) is 24.6 Å². The predicted octanol–water partition coefficient (Wildman–Crippen LogP) is 2.05. The molecule has 2 unspecified atom stereocenters. The molecule has 2 atom stereocenters. The molecule has 0 radical (unpaired) electrons. The van der Waals surface area contributed by atoms with Gasteiger partial charge in [0.25, 0.3) is 0 Å². The number of nitrogens with zero attached hydrogens (tertiary/aromatic N) is 4. The van der Waals surface area contributed by atoms with Gasteiger partial charge in [-0.1, -0.05) is 37.3 Å². The van der Waals surface area contributed by atoms with Crippen molar-refractivity contribution in [3.05, 3.63) is 47.5 Å². The van der Waals surface area contributed by atoms with E-state index in [1.165, 1.54) is 5.56 Å². The summed E-state index contributed by atoms with van der Waals surface area (Å²) >= 11 is 0. The molecule has 2 aromatic rings. The van der Waals surface area contributed by atoms with Crippen molar-refractivity contribution in [3.63, 3.8) is 0 Å². The number of aromatic nitrogens is 3. The second kappa shape index (κ2) is 6.50. The van der Waals surface area contributed by atoms with Gasteiger partial charge in [-0.15, -0.1) is 10.2 Å². The molecule has 23 heavy (non-hydrogen) atoms. The number of rotatable bonds is 5. The Morgan fingerprint density at radius 3 is 2.78 bits per heavy atom. The molecule has 1 N–H and O–H groups in total. The highest BCUT2D eigenvalue weighted by atomic mass is 16.4. The smallest absolute Gasteiger partial charge is 0.322 e. The first-order chi connectivity index (χ1) is 11.1. The van der Waals surface area contributed by atoms with Crippen molar-refractivity contribution in [2.75, 3.05) is 6.54 Å². The maximum atomic E-state index is 11.6. The van der Waals surface area contributed by atoms with E-state index in [-0.39, 0.29) is 0 Å². The van der Waals surface area contributed by atoms with E-state index < -0.39 is 12.0 Å². The van der Waals surface area contributed by atoms with Crippen LogP contribution in [-0.2, 0) is 17.9 Å². The van der Waals surface area contributed by atoms with Crippen LogP contribution in [0.5, 0.6) is 0 Å². The zero-order valence-electron chi connectivity index (χ0n) is 13.5. The molecule has 6 nitrogen and oxygen atoms in total. The average Bonchev–Trinajstić information content (AvgIpc) is 2.93. The molecular weight excluding hydrogens is 292 g/mol. The van der Waals surface area contributed by atoms with Gasteiger partial charge in [0.2, 0.25) is 0 Å². The highest BCUT2D eigenvalue weighted by Gasteiger charge is 2.33. The van der Waals surface area contributed by atoms with Gasteiger partial charge in [0.15, 0.2) is 0 Å². The summed E-state index contributed by atoms with van der Waals surface area (Å²) in [4.78, 5) is 13.6. The first-order valence-electron chi connectivity index (χ1n) is 7.96. The minimum absolute atomic E-state index is 0.396. The molecule has 0 spiro atoms. The largest absolute Gasteiger partial charge is 0.480 e. The molecular formula is C17H22N4O2. The number of carboxylic acid groups (broad SMARTS) is 1. The third kappa shape index (κ3) is 3.27. The number of benzene rings is 1. The lowest BCUT2D eigenvalue weighted by Gasteiger charge is -2.34. The summed E-state index contributed by atoms with van der Waals surface area (Å²) in [6, 6.07) is 9.82. The van der Waals surface area contributed by atoms with Crippen molar-refractivity contribution < 1.29 is 9.90 Å². The summed E-state index contributed by atoms with van der Waals surface area (Å²) < 4.78 is 1.91. The lowest BCUT2D eigenvalue weighted by Crippen LogP contribution is -2.48. The molecule has 1 aliphatic rings. The van der Waals surface area contributed by atoms with Crippen molar-refractivity contribution in [2.24, 2.45) is 0 Å². The van der Waals surface area contributed by atoms with Gasteiger partial charge in [0, 0.05) is 6.54 Å². The van der Waals surface area contributed by atoms with Gasteiger partial charge in [-0.05, 0) is 24.8 Å². The normalized spacial score (nSPS) is 19.3. The van der Waals surface area contributed by atoms with Gasteiger partial charge >= 0.3 is 5.97 Å². The first-order valence-corrected chi connectivity index (χ1v) is 7.96. The number of hydrogen-bond acceptors (Lipinski definition) is 4. The van der Waals surface area contributed by atoms with Crippen molar-refractivity contribution in [1.29, 1.82) is 0 Å². The lowest BCUT2D eigenvalue weighted by molar-refractivity contribution is -0.145. The van der Waals surface area contributed by atoms with E-state index in [0.29, 0.717) is 19.0 Å². The first kappa shape index (κ1) is 15.7. The van der Waals surface area contributed by atoms with Gasteiger partial charge in [0.05, 0.1) is 13.1 Å². The molecule has 0 fully saturated rings. The third-order valence-corrected chi connectivity index (χ3v) is 4.66. The SMILES string of the molecule is Cc1nnc2n1CC(C(=O)O)N(CCC(C)c1ccccc1)C2. The van der Waals surface area contributed by atoms with Crippen LogP contribution in [-0.4, -0.2) is 43.3 Å². The highest BCUT2D eigenvalue weighted by Crippen LogP contribution is 2.23. The summed E-state index contributed by atoms with van der Waals surface area (Å²) in [7, 11) is 0. The van der Waals surface area contributed by atoms with Gasteiger partial charge in [0.1, 0.15) is 17.7 Å². The summed E-state index contributed by atoms with van der Waals surface area (Å²) in [6.45, 7) is 5.74. The van der Waals surface area contributed by atoms with E-state index in [9.17, 15) is 9.90 Å². The second-order valence-corrected chi connectivity index (χ2v) is 6.20. The average molecular weight is 314 g/mol. The van der Waals surface area contributed by atoms with E-state index in [2.05, 4.69) is 29.3 Å². The molecule has 0 saturated carbocycles. The number of carbonyl (C=O) groups is 1. The Bertz CT molecular complexity index is 683. The minimum atomic E-state index is -0.781. The Kier molecular flexibility index (Phi) is 4.43. The van der Waals surface area contributed by atoms with Crippen LogP contribution in [0, 0.1) is 6.92 Å². The van der Waals surface area contributed by atoms with Crippen LogP contribution in [0.3, 0.4) is 0 Å². The molecule has 1 aromatic carbocycles. The van der Waals surface area contributed by atoms with Crippen molar-refractivity contribution >= 4 is 5.97 Å². The Morgan fingerprint density at radius 2 is 2.09 bits per heavy atom. The fourth-order valence-corrected chi connectivity index (χ4v) is 3.14. The summed E-state index contributed by atoms with van der Waals surface area (Å²) in [5.74, 6) is 1.25. The Morgan fingerprint density at radius 1 is 1.35 bits per heavy atom. The number of fused-ring (bicyclic) bond motifs is 1.